The Kier molecular flexibility index (Phi) is 5.15. The summed E-state index contributed by atoms with van der Waals surface area (Å²) in [5.41, 5.74) is -0.666. The first-order chi connectivity index (χ1) is 10.8. The minimum Gasteiger partial charge on any atom is -0.358 e. The molecule has 8 heteroatoms. The van der Waals surface area contributed by atoms with Crippen molar-refractivity contribution in [2.75, 3.05) is 39.1 Å². The summed E-state index contributed by atoms with van der Waals surface area (Å²) in [6.45, 7) is 1.24. The minimum atomic E-state index is -4.54. The zero-order valence-corrected chi connectivity index (χ0v) is 13.2. The topological polar surface area (TPSA) is 45.2 Å². The zero-order chi connectivity index (χ0) is 17.0. The smallest absolute Gasteiger partial charge is 0.358 e. The monoisotopic (exact) mass is 325 g/mol. The largest absolute Gasteiger partial charge is 0.433 e. The minimum absolute atomic E-state index is 0.0351. The molecule has 0 aromatic carbocycles. The summed E-state index contributed by atoms with van der Waals surface area (Å²) < 4.78 is 39.3. The van der Waals surface area contributed by atoms with Crippen LogP contribution in [-0.4, -0.2) is 54.1 Å². The number of likely N-dealkylation sites (N-methyl/N-ethyl adjacent to an activating group) is 2. The quantitative estimate of drug-likeness (QED) is 0.845. The normalized spacial score (nSPS) is 11.8. The first-order valence-electron chi connectivity index (χ1n) is 7.01. The molecule has 0 N–H and O–H groups in total. The van der Waals surface area contributed by atoms with Crippen LogP contribution in [0.1, 0.15) is 5.69 Å². The highest BCUT2D eigenvalue weighted by Crippen LogP contribution is 2.31. The first kappa shape index (κ1) is 17.1. The summed E-state index contributed by atoms with van der Waals surface area (Å²) in [5, 5.41) is 0. The molecule has 0 atom stereocenters. The van der Waals surface area contributed by atoms with Gasteiger partial charge < -0.3 is 9.80 Å². The Hall–Kier alpha value is -2.22. The number of aromatic nitrogens is 3. The number of hydrogen-bond donors (Lipinski definition) is 0. The van der Waals surface area contributed by atoms with Crippen LogP contribution < -0.4 is 4.90 Å². The fourth-order valence-corrected chi connectivity index (χ4v) is 1.85. The Morgan fingerprint density at radius 2 is 1.78 bits per heavy atom. The molecule has 0 amide bonds. The average Bonchev–Trinajstić information content (AvgIpc) is 2.52. The van der Waals surface area contributed by atoms with Crippen molar-refractivity contribution < 1.29 is 13.2 Å². The number of nitrogens with zero attached hydrogens (tertiary/aromatic N) is 5. The fourth-order valence-electron chi connectivity index (χ4n) is 1.85. The number of alkyl halides is 3. The van der Waals surface area contributed by atoms with E-state index in [1.54, 1.807) is 30.1 Å². The van der Waals surface area contributed by atoms with Crippen LogP contribution in [0.2, 0.25) is 0 Å². The molecule has 0 spiro atoms. The van der Waals surface area contributed by atoms with Gasteiger partial charge in [0.25, 0.3) is 0 Å². The summed E-state index contributed by atoms with van der Waals surface area (Å²) in [4.78, 5) is 15.5. The van der Waals surface area contributed by atoms with Crippen molar-refractivity contribution in [3.8, 4) is 11.5 Å². The molecule has 0 saturated heterocycles. The molecule has 0 saturated carbocycles. The molecule has 0 unspecified atom stereocenters. The molecule has 2 aromatic rings. The van der Waals surface area contributed by atoms with Crippen LogP contribution in [0, 0.1) is 0 Å². The van der Waals surface area contributed by atoms with E-state index in [9.17, 15) is 13.2 Å². The first-order valence-corrected chi connectivity index (χ1v) is 7.01. The zero-order valence-electron chi connectivity index (χ0n) is 13.2. The Labute approximate surface area is 132 Å². The van der Waals surface area contributed by atoms with E-state index in [-0.39, 0.29) is 11.6 Å². The van der Waals surface area contributed by atoms with Gasteiger partial charge in [-0.05, 0) is 26.2 Å². The molecule has 124 valence electrons. The SMILES string of the molecule is CN(C)CCN(C)c1cc(C(F)(F)F)nc(-c2ccccn2)n1. The van der Waals surface area contributed by atoms with Crippen molar-refractivity contribution in [3.63, 3.8) is 0 Å². The molecule has 0 radical (unpaired) electrons. The Morgan fingerprint density at radius 3 is 2.35 bits per heavy atom. The Bertz CT molecular complexity index is 643. The van der Waals surface area contributed by atoms with Crippen molar-refractivity contribution in [3.05, 3.63) is 36.2 Å². The molecule has 0 fully saturated rings. The average molecular weight is 325 g/mol. The summed E-state index contributed by atoms with van der Waals surface area (Å²) in [6.07, 6.45) is -3.04. The standard InChI is InChI=1S/C15H18F3N5/c1-22(2)8-9-23(3)13-10-12(15(16,17)18)20-14(21-13)11-6-4-5-7-19-11/h4-7,10H,8-9H2,1-3H3. The number of halogens is 3. The number of hydrogen-bond acceptors (Lipinski definition) is 5. The molecule has 0 aliphatic rings. The van der Waals surface area contributed by atoms with Gasteiger partial charge in [-0.15, -0.1) is 0 Å². The van der Waals surface area contributed by atoms with Crippen LogP contribution in [-0.2, 0) is 6.18 Å². The maximum atomic E-state index is 13.1. The highest BCUT2D eigenvalue weighted by Gasteiger charge is 2.34. The Morgan fingerprint density at radius 1 is 1.04 bits per heavy atom. The highest BCUT2D eigenvalue weighted by atomic mass is 19.4. The van der Waals surface area contributed by atoms with Gasteiger partial charge in [-0.2, -0.15) is 13.2 Å². The van der Waals surface area contributed by atoms with Gasteiger partial charge in [0.1, 0.15) is 11.5 Å². The van der Waals surface area contributed by atoms with E-state index in [0.29, 0.717) is 18.8 Å². The van der Waals surface area contributed by atoms with Crippen molar-refractivity contribution in [1.82, 2.24) is 19.9 Å². The maximum Gasteiger partial charge on any atom is 0.433 e. The van der Waals surface area contributed by atoms with Crippen LogP contribution in [0.25, 0.3) is 11.5 Å². The van der Waals surface area contributed by atoms with Gasteiger partial charge in [-0.3, -0.25) is 4.98 Å². The molecule has 5 nitrogen and oxygen atoms in total. The molecule has 0 aliphatic carbocycles. The molecule has 0 aliphatic heterocycles. The summed E-state index contributed by atoms with van der Waals surface area (Å²) >= 11 is 0. The fraction of sp³-hybridized carbons (Fsp3) is 0.400. The van der Waals surface area contributed by atoms with Gasteiger partial charge in [-0.25, -0.2) is 9.97 Å². The molecule has 2 aromatic heterocycles. The van der Waals surface area contributed by atoms with Gasteiger partial charge in [0, 0.05) is 32.4 Å². The van der Waals surface area contributed by atoms with E-state index in [0.717, 1.165) is 6.07 Å². The van der Waals surface area contributed by atoms with Crippen LogP contribution in [0.15, 0.2) is 30.5 Å². The van der Waals surface area contributed by atoms with E-state index in [1.807, 2.05) is 19.0 Å². The van der Waals surface area contributed by atoms with Crippen LogP contribution >= 0.6 is 0 Å². The third-order valence-corrected chi connectivity index (χ3v) is 3.17. The second-order valence-corrected chi connectivity index (χ2v) is 5.37. The van der Waals surface area contributed by atoms with E-state index in [2.05, 4.69) is 15.0 Å². The molecule has 0 bridgehead atoms. The predicted molar refractivity (Wildman–Crippen MR) is 82.1 cm³/mol. The van der Waals surface area contributed by atoms with Crippen molar-refractivity contribution in [2.24, 2.45) is 0 Å². The van der Waals surface area contributed by atoms with E-state index < -0.39 is 11.9 Å². The van der Waals surface area contributed by atoms with E-state index in [1.165, 1.54) is 6.20 Å². The number of anilines is 1. The van der Waals surface area contributed by atoms with E-state index >= 15 is 0 Å². The maximum absolute atomic E-state index is 13.1. The lowest BCUT2D eigenvalue weighted by atomic mass is 10.3. The van der Waals surface area contributed by atoms with Crippen LogP contribution in [0.3, 0.4) is 0 Å². The van der Waals surface area contributed by atoms with Gasteiger partial charge in [0.2, 0.25) is 0 Å². The number of rotatable bonds is 5. The lowest BCUT2D eigenvalue weighted by Gasteiger charge is -2.21. The van der Waals surface area contributed by atoms with Gasteiger partial charge >= 0.3 is 6.18 Å². The van der Waals surface area contributed by atoms with Crippen LogP contribution in [0.4, 0.5) is 19.0 Å². The molecule has 23 heavy (non-hydrogen) atoms. The van der Waals surface area contributed by atoms with Gasteiger partial charge in [0.15, 0.2) is 11.5 Å². The molecule has 2 rings (SSSR count). The van der Waals surface area contributed by atoms with E-state index in [4.69, 9.17) is 0 Å². The molecular weight excluding hydrogens is 307 g/mol. The van der Waals surface area contributed by atoms with Crippen molar-refractivity contribution in [1.29, 1.82) is 0 Å². The van der Waals surface area contributed by atoms with Crippen LogP contribution in [0.5, 0.6) is 0 Å². The second-order valence-electron chi connectivity index (χ2n) is 5.37. The summed E-state index contributed by atoms with van der Waals surface area (Å²) in [5.74, 6) is 0.182. The molecular formula is C15H18F3N5. The van der Waals surface area contributed by atoms with Crippen molar-refractivity contribution >= 4 is 5.82 Å². The van der Waals surface area contributed by atoms with Gasteiger partial charge in [-0.1, -0.05) is 6.07 Å². The number of pyridine rings is 1. The second kappa shape index (κ2) is 6.91. The Balaban J connectivity index is 2.42. The predicted octanol–water partition coefficient (Wildman–Crippen LogP) is 2.56. The lowest BCUT2D eigenvalue weighted by Crippen LogP contribution is -2.29. The van der Waals surface area contributed by atoms with Gasteiger partial charge in [0.05, 0.1) is 0 Å². The third-order valence-electron chi connectivity index (χ3n) is 3.17. The van der Waals surface area contributed by atoms with Crippen molar-refractivity contribution in [2.45, 2.75) is 6.18 Å². The summed E-state index contributed by atoms with van der Waals surface area (Å²) in [6, 6.07) is 5.91. The third kappa shape index (κ3) is 4.62. The lowest BCUT2D eigenvalue weighted by molar-refractivity contribution is -0.141. The summed E-state index contributed by atoms with van der Waals surface area (Å²) in [7, 11) is 5.50. The molecule has 2 heterocycles. The highest BCUT2D eigenvalue weighted by molar-refractivity contribution is 5.53.